The van der Waals surface area contributed by atoms with Crippen molar-refractivity contribution < 1.29 is 4.42 Å². The fourth-order valence-corrected chi connectivity index (χ4v) is 1.94. The van der Waals surface area contributed by atoms with Crippen LogP contribution in [0.25, 0.3) is 0 Å². The van der Waals surface area contributed by atoms with Crippen molar-refractivity contribution >= 4 is 6.01 Å². The molecule has 1 heterocycles. The molecule has 1 aliphatic carbocycles. The first-order chi connectivity index (χ1) is 9.19. The molecule has 1 aliphatic rings. The molecule has 2 rings (SSSR count). The topological polar surface area (TPSA) is 41.3 Å². The van der Waals surface area contributed by atoms with Crippen molar-refractivity contribution in [3.63, 3.8) is 0 Å². The Balaban J connectivity index is 1.87. The van der Waals surface area contributed by atoms with Crippen molar-refractivity contribution in [2.75, 3.05) is 24.5 Å². The van der Waals surface area contributed by atoms with Crippen molar-refractivity contribution in [1.29, 1.82) is 0 Å². The van der Waals surface area contributed by atoms with Gasteiger partial charge in [-0.05, 0) is 31.2 Å². The third kappa shape index (κ3) is 4.60. The molecule has 1 aromatic heterocycles. The molecule has 1 aromatic rings. The maximum atomic E-state index is 5.54. The summed E-state index contributed by atoms with van der Waals surface area (Å²) in [6, 6.07) is 0.659. The molecule has 1 N–H and O–H groups in total. The summed E-state index contributed by atoms with van der Waals surface area (Å²) in [4.78, 5) is 6.57. The van der Waals surface area contributed by atoms with E-state index in [9.17, 15) is 0 Å². The average molecular weight is 261 g/mol. The highest BCUT2D eigenvalue weighted by molar-refractivity contribution is 5.30. The summed E-state index contributed by atoms with van der Waals surface area (Å²) in [6.45, 7) is 7.63. The van der Waals surface area contributed by atoms with E-state index in [1.54, 1.807) is 6.26 Å². The van der Waals surface area contributed by atoms with Gasteiger partial charge in [-0.1, -0.05) is 19.8 Å². The summed E-state index contributed by atoms with van der Waals surface area (Å²) in [5.74, 6) is 4.08. The van der Waals surface area contributed by atoms with E-state index in [0.29, 0.717) is 18.5 Å². The van der Waals surface area contributed by atoms with Gasteiger partial charge in [0.05, 0.1) is 12.2 Å². The van der Waals surface area contributed by atoms with Crippen molar-refractivity contribution in [3.8, 4) is 12.3 Å². The van der Waals surface area contributed by atoms with Gasteiger partial charge >= 0.3 is 0 Å². The maximum absolute atomic E-state index is 5.54. The average Bonchev–Trinajstić information content (AvgIpc) is 3.05. The van der Waals surface area contributed by atoms with Crippen molar-refractivity contribution in [2.45, 2.75) is 33.2 Å². The third-order valence-electron chi connectivity index (χ3n) is 3.13. The van der Waals surface area contributed by atoms with Gasteiger partial charge in [0.15, 0.2) is 0 Å². The number of hydrogen-bond acceptors (Lipinski definition) is 4. The second-order valence-electron chi connectivity index (χ2n) is 5.67. The molecule has 0 aromatic carbocycles. The summed E-state index contributed by atoms with van der Waals surface area (Å²) < 4.78 is 5.54. The molecular weight excluding hydrogens is 238 g/mol. The van der Waals surface area contributed by atoms with Crippen LogP contribution in [0.15, 0.2) is 10.7 Å². The van der Waals surface area contributed by atoms with Crippen LogP contribution in [0.2, 0.25) is 0 Å². The van der Waals surface area contributed by atoms with Gasteiger partial charge in [-0.15, -0.1) is 6.42 Å². The predicted octanol–water partition coefficient (Wildman–Crippen LogP) is 2.27. The Kier molecular flexibility index (Phi) is 4.86. The van der Waals surface area contributed by atoms with Gasteiger partial charge in [0.2, 0.25) is 0 Å². The van der Waals surface area contributed by atoms with E-state index in [2.05, 4.69) is 35.0 Å². The first-order valence-electron chi connectivity index (χ1n) is 7.02. The molecule has 1 fully saturated rings. The van der Waals surface area contributed by atoms with Crippen LogP contribution in [0.1, 0.15) is 32.4 Å². The second kappa shape index (κ2) is 6.63. The van der Waals surface area contributed by atoms with Gasteiger partial charge in [-0.25, -0.2) is 0 Å². The maximum Gasteiger partial charge on any atom is 0.298 e. The highest BCUT2D eigenvalue weighted by Crippen LogP contribution is 2.31. The van der Waals surface area contributed by atoms with Gasteiger partial charge in [0, 0.05) is 13.1 Å². The van der Waals surface area contributed by atoms with E-state index >= 15 is 0 Å². The van der Waals surface area contributed by atoms with E-state index < -0.39 is 0 Å². The number of nitrogens with zero attached hydrogens (tertiary/aromatic N) is 2. The highest BCUT2D eigenvalue weighted by atomic mass is 16.4. The first kappa shape index (κ1) is 14.0. The van der Waals surface area contributed by atoms with Crippen LogP contribution in [-0.4, -0.2) is 24.6 Å². The molecule has 0 saturated heterocycles. The number of nitrogens with one attached hydrogen (secondary N) is 1. The summed E-state index contributed by atoms with van der Waals surface area (Å²) in [7, 11) is 0. The fourth-order valence-electron chi connectivity index (χ4n) is 1.94. The molecule has 0 aliphatic heterocycles. The molecule has 104 valence electrons. The zero-order chi connectivity index (χ0) is 13.7. The van der Waals surface area contributed by atoms with E-state index in [1.807, 2.05) is 0 Å². The number of aromatic nitrogens is 1. The SMILES string of the molecule is C#CCN(CC1CC1)c1nc(CNCC(C)C)co1. The molecule has 0 bridgehead atoms. The van der Waals surface area contributed by atoms with Crippen LogP contribution in [0, 0.1) is 24.2 Å². The number of anilines is 1. The molecule has 0 atom stereocenters. The van der Waals surface area contributed by atoms with Gasteiger partial charge in [-0.2, -0.15) is 4.98 Å². The lowest BCUT2D eigenvalue weighted by Gasteiger charge is -2.16. The molecular formula is C15H23N3O. The second-order valence-corrected chi connectivity index (χ2v) is 5.67. The van der Waals surface area contributed by atoms with E-state index in [4.69, 9.17) is 10.8 Å². The van der Waals surface area contributed by atoms with Gasteiger partial charge in [0.1, 0.15) is 6.26 Å². The van der Waals surface area contributed by atoms with Crippen LogP contribution in [0.3, 0.4) is 0 Å². The summed E-state index contributed by atoms with van der Waals surface area (Å²) in [5.41, 5.74) is 0.938. The Bertz CT molecular complexity index is 429. The van der Waals surface area contributed by atoms with Crippen LogP contribution >= 0.6 is 0 Å². The van der Waals surface area contributed by atoms with Gasteiger partial charge < -0.3 is 14.6 Å². The lowest BCUT2D eigenvalue weighted by atomic mass is 10.2. The van der Waals surface area contributed by atoms with Gasteiger partial charge in [-0.3, -0.25) is 0 Å². The lowest BCUT2D eigenvalue weighted by molar-refractivity contribution is 0.529. The minimum atomic E-state index is 0.565. The Labute approximate surface area is 115 Å². The van der Waals surface area contributed by atoms with Crippen molar-refractivity contribution in [3.05, 3.63) is 12.0 Å². The van der Waals surface area contributed by atoms with Crippen LogP contribution in [0.4, 0.5) is 6.01 Å². The largest absolute Gasteiger partial charge is 0.432 e. The quantitative estimate of drug-likeness (QED) is 0.729. The molecule has 0 amide bonds. The van der Waals surface area contributed by atoms with E-state index in [-0.39, 0.29) is 0 Å². The summed E-state index contributed by atoms with van der Waals surface area (Å²) in [5, 5.41) is 3.36. The van der Waals surface area contributed by atoms with Gasteiger partial charge in [0.25, 0.3) is 6.01 Å². The molecule has 0 radical (unpaired) electrons. The Hall–Kier alpha value is -1.47. The van der Waals surface area contributed by atoms with Crippen LogP contribution in [0.5, 0.6) is 0 Å². The highest BCUT2D eigenvalue weighted by Gasteiger charge is 2.26. The zero-order valence-corrected chi connectivity index (χ0v) is 11.9. The fraction of sp³-hybridized carbons (Fsp3) is 0.667. The Morgan fingerprint density at radius 1 is 1.58 bits per heavy atom. The monoisotopic (exact) mass is 261 g/mol. The molecule has 1 saturated carbocycles. The summed E-state index contributed by atoms with van der Waals surface area (Å²) in [6.07, 6.45) is 9.72. The van der Waals surface area contributed by atoms with Crippen LogP contribution in [-0.2, 0) is 6.54 Å². The standard InChI is InChI=1S/C15H23N3O/c1-4-7-18(10-13-5-6-13)15-17-14(11-19-15)9-16-8-12(2)3/h1,11-13,16H,5-10H2,2-3H3. The first-order valence-corrected chi connectivity index (χ1v) is 7.02. The number of hydrogen-bond donors (Lipinski definition) is 1. The van der Waals surface area contributed by atoms with E-state index in [0.717, 1.165) is 31.2 Å². The molecule has 0 unspecified atom stereocenters. The minimum Gasteiger partial charge on any atom is -0.432 e. The lowest BCUT2D eigenvalue weighted by Crippen LogP contribution is -2.26. The molecule has 4 heteroatoms. The van der Waals surface area contributed by atoms with Crippen molar-refractivity contribution in [1.82, 2.24) is 10.3 Å². The molecule has 19 heavy (non-hydrogen) atoms. The normalized spacial score (nSPS) is 14.6. The number of rotatable bonds is 8. The Morgan fingerprint density at radius 3 is 3.00 bits per heavy atom. The Morgan fingerprint density at radius 2 is 2.37 bits per heavy atom. The third-order valence-corrected chi connectivity index (χ3v) is 3.13. The summed E-state index contributed by atoms with van der Waals surface area (Å²) >= 11 is 0. The molecule has 0 spiro atoms. The zero-order valence-electron chi connectivity index (χ0n) is 11.9. The number of terminal acetylenes is 1. The minimum absolute atomic E-state index is 0.565. The van der Waals surface area contributed by atoms with Crippen LogP contribution < -0.4 is 10.2 Å². The number of oxazole rings is 1. The van der Waals surface area contributed by atoms with E-state index in [1.165, 1.54) is 12.8 Å². The van der Waals surface area contributed by atoms with Crippen molar-refractivity contribution in [2.24, 2.45) is 11.8 Å². The smallest absolute Gasteiger partial charge is 0.298 e. The predicted molar refractivity (Wildman–Crippen MR) is 76.8 cm³/mol. The molecule has 4 nitrogen and oxygen atoms in total.